The zero-order valence-corrected chi connectivity index (χ0v) is 20.3. The lowest BCUT2D eigenvalue weighted by atomic mass is 9.89. The number of ether oxygens (including phenoxy) is 2. The molecule has 3 heterocycles. The fraction of sp³-hybridized carbons (Fsp3) is 0.792. The van der Waals surface area contributed by atoms with Crippen LogP contribution in [-0.4, -0.2) is 77.8 Å². The van der Waals surface area contributed by atoms with E-state index >= 15 is 0 Å². The van der Waals surface area contributed by atoms with Crippen LogP contribution < -0.4 is 10.6 Å². The van der Waals surface area contributed by atoms with E-state index in [0.717, 1.165) is 6.54 Å². The minimum Gasteiger partial charge on any atom is -0.389 e. The number of nitrogens with zero attached hydrogens (tertiary/aromatic N) is 2. The number of nitrogens with one attached hydrogen (secondary N) is 2. The molecule has 3 N–H and O–H groups in total. The van der Waals surface area contributed by atoms with Gasteiger partial charge in [-0.15, -0.1) is 0 Å². The summed E-state index contributed by atoms with van der Waals surface area (Å²) < 4.78 is 17.1. The van der Waals surface area contributed by atoms with Crippen molar-refractivity contribution in [2.24, 2.45) is 5.92 Å². The predicted octanol–water partition coefficient (Wildman–Crippen LogP) is 2.52. The second-order valence-corrected chi connectivity index (χ2v) is 9.93. The first-order valence-electron chi connectivity index (χ1n) is 12.6. The van der Waals surface area contributed by atoms with Crippen molar-refractivity contribution in [1.29, 1.82) is 0 Å². The van der Waals surface area contributed by atoms with Crippen LogP contribution in [0.5, 0.6) is 0 Å². The van der Waals surface area contributed by atoms with Crippen molar-refractivity contribution in [3.8, 4) is 0 Å². The summed E-state index contributed by atoms with van der Waals surface area (Å²) in [5.74, 6) is 1.13. The van der Waals surface area contributed by atoms with E-state index in [2.05, 4.69) is 15.8 Å². The van der Waals surface area contributed by atoms with Crippen molar-refractivity contribution < 1.29 is 28.7 Å². The monoisotopic (exact) mass is 478 g/mol. The predicted molar refractivity (Wildman–Crippen MR) is 124 cm³/mol. The summed E-state index contributed by atoms with van der Waals surface area (Å²) in [6.45, 7) is 4.76. The molecule has 0 unspecified atom stereocenters. The first kappa shape index (κ1) is 24.9. The summed E-state index contributed by atoms with van der Waals surface area (Å²) in [6.07, 6.45) is 6.45. The minimum absolute atomic E-state index is 0.0178. The number of urea groups is 1. The summed E-state index contributed by atoms with van der Waals surface area (Å²) in [7, 11) is 0. The number of aryl methyl sites for hydroxylation is 2. The number of carbonyl (C=O) groups is 2. The van der Waals surface area contributed by atoms with Gasteiger partial charge in [0, 0.05) is 6.54 Å². The van der Waals surface area contributed by atoms with E-state index in [0.29, 0.717) is 42.3 Å². The van der Waals surface area contributed by atoms with Gasteiger partial charge < -0.3 is 34.6 Å². The molecule has 3 amide bonds. The lowest BCUT2D eigenvalue weighted by molar-refractivity contribution is -0.149. The molecule has 2 saturated heterocycles. The summed E-state index contributed by atoms with van der Waals surface area (Å²) in [4.78, 5) is 27.4. The molecular formula is C24H38N4O6. The molecule has 3 aliphatic rings. The van der Waals surface area contributed by atoms with Gasteiger partial charge in [-0.1, -0.05) is 24.4 Å². The number of hydrogen-bond acceptors (Lipinski definition) is 7. The Labute approximate surface area is 200 Å². The molecule has 1 aromatic rings. The van der Waals surface area contributed by atoms with Gasteiger partial charge in [0.1, 0.15) is 17.5 Å². The number of aliphatic hydroxyl groups excluding tert-OH is 1. The summed E-state index contributed by atoms with van der Waals surface area (Å²) in [6, 6.07) is -0.602. The van der Waals surface area contributed by atoms with Gasteiger partial charge in [-0.05, 0) is 45.4 Å². The van der Waals surface area contributed by atoms with Crippen LogP contribution in [0.25, 0.3) is 0 Å². The maximum Gasteiger partial charge on any atom is 0.322 e. The van der Waals surface area contributed by atoms with E-state index in [4.69, 9.17) is 14.0 Å². The van der Waals surface area contributed by atoms with E-state index < -0.39 is 6.10 Å². The lowest BCUT2D eigenvalue weighted by Crippen LogP contribution is -2.58. The number of amides is 3. The zero-order chi connectivity index (χ0) is 24.1. The molecule has 10 nitrogen and oxygen atoms in total. The van der Waals surface area contributed by atoms with Crippen molar-refractivity contribution in [1.82, 2.24) is 15.4 Å². The van der Waals surface area contributed by atoms with Crippen LogP contribution in [0.2, 0.25) is 0 Å². The number of rotatable bonds is 5. The molecule has 2 aliphatic heterocycles. The van der Waals surface area contributed by atoms with Crippen LogP contribution in [0, 0.1) is 19.8 Å². The van der Waals surface area contributed by atoms with Gasteiger partial charge in [0.05, 0.1) is 44.4 Å². The smallest absolute Gasteiger partial charge is 0.322 e. The molecule has 0 spiro atoms. The molecule has 1 aliphatic carbocycles. The van der Waals surface area contributed by atoms with Gasteiger partial charge >= 0.3 is 6.03 Å². The van der Waals surface area contributed by atoms with E-state index in [1.54, 1.807) is 18.7 Å². The minimum atomic E-state index is -0.792. The van der Waals surface area contributed by atoms with E-state index in [1.165, 1.54) is 32.1 Å². The van der Waals surface area contributed by atoms with E-state index in [-0.39, 0.29) is 49.9 Å². The average molecular weight is 479 g/mol. The quantitative estimate of drug-likeness (QED) is 0.594. The molecule has 1 aromatic heterocycles. The Hall–Kier alpha value is -2.17. The van der Waals surface area contributed by atoms with Gasteiger partial charge in [-0.25, -0.2) is 4.79 Å². The number of hydrogen-bond donors (Lipinski definition) is 3. The molecule has 10 heteroatoms. The van der Waals surface area contributed by atoms with E-state index in [9.17, 15) is 14.7 Å². The van der Waals surface area contributed by atoms with Gasteiger partial charge in [0.15, 0.2) is 5.76 Å². The molecule has 4 rings (SSSR count). The highest BCUT2D eigenvalue weighted by atomic mass is 16.5. The SMILES string of the molecule is Cc1noc(C)c1NC(=O)N1C[C@H](O)COC[C@H]2O[C@@H](CC(=O)NCC3CCCCC3)CC[C@@H]21. The van der Waals surface area contributed by atoms with Crippen LogP contribution in [0.3, 0.4) is 0 Å². The molecular weight excluding hydrogens is 440 g/mol. The topological polar surface area (TPSA) is 126 Å². The number of anilines is 1. The Morgan fingerprint density at radius 2 is 1.91 bits per heavy atom. The number of carbonyl (C=O) groups excluding carboxylic acids is 2. The summed E-state index contributed by atoms with van der Waals surface area (Å²) in [5, 5.41) is 20.2. The van der Waals surface area contributed by atoms with Gasteiger partial charge in [-0.3, -0.25) is 4.79 Å². The molecule has 4 atom stereocenters. The maximum absolute atomic E-state index is 13.2. The second kappa shape index (κ2) is 11.5. The highest BCUT2D eigenvalue weighted by molar-refractivity contribution is 5.90. The van der Waals surface area contributed by atoms with Crippen LogP contribution in [-0.2, 0) is 14.3 Å². The largest absolute Gasteiger partial charge is 0.389 e. The second-order valence-electron chi connectivity index (χ2n) is 9.93. The third-order valence-electron chi connectivity index (χ3n) is 7.23. The molecule has 0 bridgehead atoms. The molecule has 34 heavy (non-hydrogen) atoms. The fourth-order valence-corrected chi connectivity index (χ4v) is 5.34. The first-order chi connectivity index (χ1) is 16.4. The van der Waals surface area contributed by atoms with Crippen LogP contribution in [0.1, 0.15) is 62.8 Å². The summed E-state index contributed by atoms with van der Waals surface area (Å²) >= 11 is 0. The third-order valence-corrected chi connectivity index (χ3v) is 7.23. The van der Waals surface area contributed by atoms with Crippen LogP contribution >= 0.6 is 0 Å². The Bertz CT molecular complexity index is 820. The number of aliphatic hydroxyl groups is 1. The van der Waals surface area contributed by atoms with Gasteiger partial charge in [-0.2, -0.15) is 0 Å². The molecule has 0 radical (unpaired) electrons. The Kier molecular flexibility index (Phi) is 8.44. The average Bonchev–Trinajstić information content (AvgIpc) is 3.13. The Morgan fingerprint density at radius 3 is 2.65 bits per heavy atom. The standard InChI is InChI=1S/C24H38N4O6/c1-15-23(16(2)34-27-15)26-24(31)28-12-18(29)13-32-14-21-20(28)9-8-19(33-21)10-22(30)25-11-17-6-4-3-5-7-17/h17-21,29H,3-14H2,1-2H3,(H,25,30)(H,26,31)/t18-,19+,20-,21+/m0/s1. The normalized spacial score (nSPS) is 28.5. The highest BCUT2D eigenvalue weighted by Gasteiger charge is 2.40. The van der Waals surface area contributed by atoms with Crippen molar-refractivity contribution in [3.63, 3.8) is 0 Å². The zero-order valence-electron chi connectivity index (χ0n) is 20.3. The number of aromatic nitrogens is 1. The van der Waals surface area contributed by atoms with Crippen molar-refractivity contribution in [2.45, 2.75) is 89.6 Å². The number of fused-ring (bicyclic) bond motifs is 1. The van der Waals surface area contributed by atoms with Crippen molar-refractivity contribution in [2.75, 3.05) is 31.6 Å². The molecule has 1 saturated carbocycles. The Balaban J connectivity index is 1.35. The number of β-amino-alcohol motifs (C(OH)–C–C–N with tert-alkyl or cyclic N) is 1. The van der Waals surface area contributed by atoms with Gasteiger partial charge in [0.2, 0.25) is 5.91 Å². The maximum atomic E-state index is 13.2. The molecule has 3 fully saturated rings. The van der Waals surface area contributed by atoms with Crippen molar-refractivity contribution in [3.05, 3.63) is 11.5 Å². The molecule has 0 aromatic carbocycles. The van der Waals surface area contributed by atoms with Crippen LogP contribution in [0.15, 0.2) is 4.52 Å². The van der Waals surface area contributed by atoms with Crippen LogP contribution in [0.4, 0.5) is 10.5 Å². The molecule has 190 valence electrons. The van der Waals surface area contributed by atoms with Gasteiger partial charge in [0.25, 0.3) is 0 Å². The van der Waals surface area contributed by atoms with E-state index in [1.807, 2.05) is 0 Å². The Morgan fingerprint density at radius 1 is 1.12 bits per heavy atom. The lowest BCUT2D eigenvalue weighted by Gasteiger charge is -2.44. The summed E-state index contributed by atoms with van der Waals surface area (Å²) in [5.41, 5.74) is 1.14. The highest BCUT2D eigenvalue weighted by Crippen LogP contribution is 2.29. The third kappa shape index (κ3) is 6.28. The fourth-order valence-electron chi connectivity index (χ4n) is 5.34. The first-order valence-corrected chi connectivity index (χ1v) is 12.6. The van der Waals surface area contributed by atoms with Crippen molar-refractivity contribution >= 4 is 17.6 Å².